The van der Waals surface area contributed by atoms with Gasteiger partial charge in [0.15, 0.2) is 11.5 Å². The Hall–Kier alpha value is -3.38. The molecule has 0 unspecified atom stereocenters. The SMILES string of the molecule is COc1ccc(C(=O)NCCn2cc(SCc3cc(C)ccc3C)c3ccccc32)cc1OC. The number of amides is 1. The van der Waals surface area contributed by atoms with Gasteiger partial charge in [-0.15, -0.1) is 11.8 Å². The number of fused-ring (bicyclic) bond motifs is 1. The Labute approximate surface area is 205 Å². The topological polar surface area (TPSA) is 52.5 Å². The molecule has 0 aliphatic heterocycles. The number of aromatic nitrogens is 1. The molecule has 0 aliphatic carbocycles. The number of methoxy groups -OCH3 is 2. The summed E-state index contributed by atoms with van der Waals surface area (Å²) < 4.78 is 12.8. The van der Waals surface area contributed by atoms with Gasteiger partial charge in [-0.3, -0.25) is 4.79 Å². The van der Waals surface area contributed by atoms with Crippen LogP contribution in [0.4, 0.5) is 0 Å². The highest BCUT2D eigenvalue weighted by Crippen LogP contribution is 2.33. The Morgan fingerprint density at radius 3 is 2.56 bits per heavy atom. The fourth-order valence-electron chi connectivity index (χ4n) is 3.99. The first-order valence-corrected chi connectivity index (χ1v) is 12.3. The first-order valence-electron chi connectivity index (χ1n) is 11.3. The van der Waals surface area contributed by atoms with Gasteiger partial charge in [0.25, 0.3) is 5.91 Å². The molecule has 1 aromatic heterocycles. The molecule has 0 spiro atoms. The van der Waals surface area contributed by atoms with Crippen LogP contribution >= 0.6 is 11.8 Å². The molecule has 6 heteroatoms. The Kier molecular flexibility index (Phi) is 7.48. The van der Waals surface area contributed by atoms with Crippen molar-refractivity contribution in [1.82, 2.24) is 9.88 Å². The van der Waals surface area contributed by atoms with E-state index in [1.54, 1.807) is 32.4 Å². The fraction of sp³-hybridized carbons (Fsp3) is 0.250. The van der Waals surface area contributed by atoms with Crippen molar-refractivity contribution in [3.8, 4) is 11.5 Å². The van der Waals surface area contributed by atoms with Crippen LogP contribution < -0.4 is 14.8 Å². The Balaban J connectivity index is 1.44. The van der Waals surface area contributed by atoms with E-state index in [9.17, 15) is 4.79 Å². The molecule has 5 nitrogen and oxygen atoms in total. The number of hydrogen-bond donors (Lipinski definition) is 1. The van der Waals surface area contributed by atoms with Crippen LogP contribution in [0.3, 0.4) is 0 Å². The summed E-state index contributed by atoms with van der Waals surface area (Å²) in [7, 11) is 3.14. The summed E-state index contributed by atoms with van der Waals surface area (Å²) in [4.78, 5) is 13.9. The summed E-state index contributed by atoms with van der Waals surface area (Å²) in [6.07, 6.45) is 2.20. The maximum atomic E-state index is 12.7. The average molecular weight is 475 g/mol. The summed E-state index contributed by atoms with van der Waals surface area (Å²) >= 11 is 1.86. The first kappa shape index (κ1) is 23.8. The van der Waals surface area contributed by atoms with Crippen molar-refractivity contribution in [3.05, 3.63) is 89.1 Å². The van der Waals surface area contributed by atoms with E-state index < -0.39 is 0 Å². The average Bonchev–Trinajstić information content (AvgIpc) is 3.21. The lowest BCUT2D eigenvalue weighted by atomic mass is 10.1. The molecule has 1 amide bonds. The van der Waals surface area contributed by atoms with E-state index in [1.807, 2.05) is 11.8 Å². The lowest BCUT2D eigenvalue weighted by Gasteiger charge is -2.10. The first-order chi connectivity index (χ1) is 16.5. The van der Waals surface area contributed by atoms with E-state index in [1.165, 1.54) is 32.5 Å². The van der Waals surface area contributed by atoms with Crippen molar-refractivity contribution < 1.29 is 14.3 Å². The third kappa shape index (κ3) is 5.23. The molecule has 0 saturated carbocycles. The zero-order valence-electron chi connectivity index (χ0n) is 20.1. The van der Waals surface area contributed by atoms with Gasteiger partial charge in [-0.05, 0) is 49.2 Å². The Morgan fingerprint density at radius 1 is 0.971 bits per heavy atom. The van der Waals surface area contributed by atoms with E-state index in [-0.39, 0.29) is 5.91 Å². The highest BCUT2D eigenvalue weighted by Gasteiger charge is 2.12. The van der Waals surface area contributed by atoms with Crippen LogP contribution in [0.1, 0.15) is 27.0 Å². The fourth-order valence-corrected chi connectivity index (χ4v) is 5.15. The summed E-state index contributed by atoms with van der Waals surface area (Å²) in [6, 6.07) is 20.2. The predicted octanol–water partition coefficient (Wildman–Crippen LogP) is 6.00. The number of hydrogen-bond acceptors (Lipinski definition) is 4. The minimum atomic E-state index is -0.137. The minimum absolute atomic E-state index is 0.137. The maximum absolute atomic E-state index is 12.7. The number of para-hydroxylation sites is 1. The molecule has 3 aromatic carbocycles. The zero-order chi connectivity index (χ0) is 24.1. The number of rotatable bonds is 9. The van der Waals surface area contributed by atoms with E-state index in [0.717, 1.165) is 5.75 Å². The van der Waals surface area contributed by atoms with Crippen molar-refractivity contribution >= 4 is 28.6 Å². The van der Waals surface area contributed by atoms with Gasteiger partial charge in [-0.1, -0.05) is 42.0 Å². The third-order valence-corrected chi connectivity index (χ3v) is 7.02. The molecule has 1 heterocycles. The van der Waals surface area contributed by atoms with Crippen LogP contribution in [0.25, 0.3) is 10.9 Å². The molecular weight excluding hydrogens is 444 g/mol. The number of aryl methyl sites for hydroxylation is 2. The molecule has 4 aromatic rings. The number of carbonyl (C=O) groups is 1. The quantitative estimate of drug-likeness (QED) is 0.302. The van der Waals surface area contributed by atoms with Crippen molar-refractivity contribution in [2.24, 2.45) is 0 Å². The van der Waals surface area contributed by atoms with Crippen LogP contribution in [0.2, 0.25) is 0 Å². The van der Waals surface area contributed by atoms with Gasteiger partial charge in [0, 0.05) is 46.4 Å². The van der Waals surface area contributed by atoms with Gasteiger partial charge >= 0.3 is 0 Å². The predicted molar refractivity (Wildman–Crippen MR) is 139 cm³/mol. The molecule has 0 atom stereocenters. The lowest BCUT2D eigenvalue weighted by Crippen LogP contribution is -2.27. The Morgan fingerprint density at radius 2 is 1.76 bits per heavy atom. The van der Waals surface area contributed by atoms with Gasteiger partial charge in [0.1, 0.15) is 0 Å². The molecule has 176 valence electrons. The van der Waals surface area contributed by atoms with Crippen LogP contribution in [-0.4, -0.2) is 31.2 Å². The van der Waals surface area contributed by atoms with E-state index in [4.69, 9.17) is 9.47 Å². The third-order valence-electron chi connectivity index (χ3n) is 5.92. The van der Waals surface area contributed by atoms with Gasteiger partial charge in [-0.25, -0.2) is 0 Å². The van der Waals surface area contributed by atoms with Crippen molar-refractivity contribution in [2.45, 2.75) is 31.0 Å². The Bertz CT molecular complexity index is 1310. The van der Waals surface area contributed by atoms with Gasteiger partial charge in [0.05, 0.1) is 14.2 Å². The number of carbonyl (C=O) groups excluding carboxylic acids is 1. The molecule has 0 radical (unpaired) electrons. The zero-order valence-corrected chi connectivity index (χ0v) is 20.9. The molecule has 0 saturated heterocycles. The minimum Gasteiger partial charge on any atom is -0.493 e. The largest absolute Gasteiger partial charge is 0.493 e. The van der Waals surface area contributed by atoms with Gasteiger partial charge in [0.2, 0.25) is 0 Å². The molecule has 0 bridgehead atoms. The van der Waals surface area contributed by atoms with Crippen LogP contribution in [-0.2, 0) is 12.3 Å². The highest BCUT2D eigenvalue weighted by molar-refractivity contribution is 7.98. The molecule has 34 heavy (non-hydrogen) atoms. The van der Waals surface area contributed by atoms with Crippen LogP contribution in [0.15, 0.2) is 71.8 Å². The second-order valence-electron chi connectivity index (χ2n) is 8.25. The number of benzene rings is 3. The second kappa shape index (κ2) is 10.7. The van der Waals surface area contributed by atoms with Crippen LogP contribution in [0, 0.1) is 13.8 Å². The van der Waals surface area contributed by atoms with Gasteiger partial charge in [-0.2, -0.15) is 0 Å². The standard InChI is InChI=1S/C28H30N2O3S/c1-19-9-10-20(2)22(15-19)18-34-27-17-30(24-8-6-5-7-23(24)27)14-13-29-28(31)21-11-12-25(32-3)26(16-21)33-4/h5-12,15-17H,13-14,18H2,1-4H3,(H,29,31). The summed E-state index contributed by atoms with van der Waals surface area (Å²) in [5.41, 5.74) is 5.68. The summed E-state index contributed by atoms with van der Waals surface area (Å²) in [5.74, 6) is 1.93. The maximum Gasteiger partial charge on any atom is 0.251 e. The molecular formula is C28H30N2O3S. The monoisotopic (exact) mass is 474 g/mol. The molecule has 4 rings (SSSR count). The normalized spacial score (nSPS) is 10.9. The lowest BCUT2D eigenvalue weighted by molar-refractivity contribution is 0.0952. The number of thioether (sulfide) groups is 1. The van der Waals surface area contributed by atoms with Crippen LogP contribution in [0.5, 0.6) is 11.5 Å². The van der Waals surface area contributed by atoms with E-state index >= 15 is 0 Å². The number of nitrogens with one attached hydrogen (secondary N) is 1. The van der Waals surface area contributed by atoms with E-state index in [2.05, 4.69) is 72.4 Å². The van der Waals surface area contributed by atoms with Crippen molar-refractivity contribution in [3.63, 3.8) is 0 Å². The molecule has 1 N–H and O–H groups in total. The van der Waals surface area contributed by atoms with Crippen molar-refractivity contribution in [1.29, 1.82) is 0 Å². The van der Waals surface area contributed by atoms with E-state index in [0.29, 0.717) is 30.2 Å². The smallest absolute Gasteiger partial charge is 0.251 e. The van der Waals surface area contributed by atoms with Gasteiger partial charge < -0.3 is 19.4 Å². The summed E-state index contributed by atoms with van der Waals surface area (Å²) in [6.45, 7) is 5.51. The van der Waals surface area contributed by atoms with Crippen molar-refractivity contribution in [2.75, 3.05) is 20.8 Å². The number of ether oxygens (including phenoxy) is 2. The summed E-state index contributed by atoms with van der Waals surface area (Å²) in [5, 5.41) is 4.26. The number of nitrogens with zero attached hydrogens (tertiary/aromatic N) is 1. The molecule has 0 aliphatic rings. The second-order valence-corrected chi connectivity index (χ2v) is 9.27. The molecule has 0 fully saturated rings. The highest BCUT2D eigenvalue weighted by atomic mass is 32.2.